The van der Waals surface area contributed by atoms with Crippen LogP contribution in [0.4, 0.5) is 0 Å². The molecule has 1 unspecified atom stereocenters. The number of nitrogens with one attached hydrogen (secondary N) is 1. The summed E-state index contributed by atoms with van der Waals surface area (Å²) in [6, 6.07) is 14.7. The fourth-order valence-corrected chi connectivity index (χ4v) is 3.60. The van der Waals surface area contributed by atoms with E-state index in [0.29, 0.717) is 36.8 Å². The van der Waals surface area contributed by atoms with Crippen molar-refractivity contribution in [1.82, 2.24) is 10.2 Å². The number of piperidine rings is 1. The first kappa shape index (κ1) is 20.2. The third kappa shape index (κ3) is 5.04. The van der Waals surface area contributed by atoms with Gasteiger partial charge in [-0.1, -0.05) is 35.9 Å². The van der Waals surface area contributed by atoms with E-state index >= 15 is 0 Å². The summed E-state index contributed by atoms with van der Waals surface area (Å²) in [6.07, 6.45) is 1.58. The van der Waals surface area contributed by atoms with Crippen molar-refractivity contribution in [3.05, 3.63) is 64.7 Å². The fraction of sp³-hybridized carbons (Fsp3) is 0.364. The molecule has 3 rings (SSSR count). The zero-order chi connectivity index (χ0) is 19.9. The number of carbonyl (C=O) groups is 2. The van der Waals surface area contributed by atoms with Gasteiger partial charge in [0.15, 0.2) is 0 Å². The Balaban J connectivity index is 1.55. The summed E-state index contributed by atoms with van der Waals surface area (Å²) < 4.78 is 5.43. The van der Waals surface area contributed by atoms with Crippen LogP contribution in [0, 0.1) is 5.92 Å². The molecule has 0 radical (unpaired) electrons. The summed E-state index contributed by atoms with van der Waals surface area (Å²) in [5, 5.41) is 3.43. The second kappa shape index (κ2) is 9.60. The number of amides is 2. The third-order valence-electron chi connectivity index (χ3n) is 4.88. The Labute approximate surface area is 170 Å². The minimum Gasteiger partial charge on any atom is -0.494 e. The van der Waals surface area contributed by atoms with E-state index in [2.05, 4.69) is 5.32 Å². The lowest BCUT2D eigenvalue weighted by Gasteiger charge is -2.32. The molecule has 28 heavy (non-hydrogen) atoms. The smallest absolute Gasteiger partial charge is 0.255 e. The van der Waals surface area contributed by atoms with Crippen LogP contribution in [0.25, 0.3) is 0 Å². The van der Waals surface area contributed by atoms with Crippen molar-refractivity contribution >= 4 is 23.4 Å². The van der Waals surface area contributed by atoms with Crippen LogP contribution in [0.15, 0.2) is 48.5 Å². The van der Waals surface area contributed by atoms with Gasteiger partial charge in [-0.2, -0.15) is 0 Å². The first-order chi connectivity index (χ1) is 13.6. The van der Waals surface area contributed by atoms with Gasteiger partial charge in [-0.15, -0.1) is 0 Å². The molecule has 0 aliphatic carbocycles. The molecule has 1 aliphatic heterocycles. The Morgan fingerprint density at radius 1 is 1.18 bits per heavy atom. The number of likely N-dealkylation sites (tertiary alicyclic amines) is 1. The number of hydrogen-bond donors (Lipinski definition) is 1. The van der Waals surface area contributed by atoms with E-state index in [1.807, 2.05) is 31.2 Å². The molecular formula is C22H25ClN2O3. The van der Waals surface area contributed by atoms with Crippen LogP contribution in [0.5, 0.6) is 5.75 Å². The van der Waals surface area contributed by atoms with E-state index in [0.717, 1.165) is 24.2 Å². The quantitative estimate of drug-likeness (QED) is 0.799. The Kier molecular flexibility index (Phi) is 6.93. The molecule has 0 saturated carbocycles. The van der Waals surface area contributed by atoms with Gasteiger partial charge in [0.1, 0.15) is 5.75 Å². The van der Waals surface area contributed by atoms with Crippen molar-refractivity contribution in [2.45, 2.75) is 26.3 Å². The van der Waals surface area contributed by atoms with E-state index in [1.54, 1.807) is 29.2 Å². The first-order valence-corrected chi connectivity index (χ1v) is 9.99. The summed E-state index contributed by atoms with van der Waals surface area (Å²) >= 11 is 6.15. The minimum absolute atomic E-state index is 0.0226. The molecule has 2 amide bonds. The number of benzene rings is 2. The van der Waals surface area contributed by atoms with Crippen molar-refractivity contribution in [3.63, 3.8) is 0 Å². The van der Waals surface area contributed by atoms with Gasteiger partial charge in [-0.05, 0) is 49.6 Å². The van der Waals surface area contributed by atoms with Crippen molar-refractivity contribution in [2.75, 3.05) is 19.7 Å². The highest BCUT2D eigenvalue weighted by Gasteiger charge is 2.29. The molecule has 1 saturated heterocycles. The van der Waals surface area contributed by atoms with Crippen LogP contribution in [0.2, 0.25) is 5.02 Å². The standard InChI is InChI=1S/C22H25ClN2O3/c1-2-28-18-11-9-16(10-12-18)14-24-21(26)17-6-5-13-25(15-17)22(27)19-7-3-4-8-20(19)23/h3-4,7-12,17H,2,5-6,13-15H2,1H3,(H,24,26). The molecule has 2 aromatic rings. The molecular weight excluding hydrogens is 376 g/mol. The summed E-state index contributed by atoms with van der Waals surface area (Å²) in [5.41, 5.74) is 1.50. The molecule has 148 valence electrons. The predicted octanol–water partition coefficient (Wildman–Crippen LogP) is 3.91. The van der Waals surface area contributed by atoms with Crippen molar-refractivity contribution in [3.8, 4) is 5.75 Å². The van der Waals surface area contributed by atoms with Crippen molar-refractivity contribution < 1.29 is 14.3 Å². The maximum atomic E-state index is 12.8. The number of hydrogen-bond acceptors (Lipinski definition) is 3. The van der Waals surface area contributed by atoms with E-state index in [-0.39, 0.29) is 17.7 Å². The van der Waals surface area contributed by atoms with Gasteiger partial charge in [-0.25, -0.2) is 0 Å². The predicted molar refractivity (Wildman–Crippen MR) is 110 cm³/mol. The average Bonchev–Trinajstić information content (AvgIpc) is 2.73. The van der Waals surface area contributed by atoms with Crippen LogP contribution in [-0.4, -0.2) is 36.4 Å². The van der Waals surface area contributed by atoms with Gasteiger partial charge in [0.25, 0.3) is 5.91 Å². The van der Waals surface area contributed by atoms with Gasteiger partial charge in [-0.3, -0.25) is 9.59 Å². The monoisotopic (exact) mass is 400 g/mol. The summed E-state index contributed by atoms with van der Waals surface area (Å²) in [6.45, 7) is 4.09. The molecule has 0 bridgehead atoms. The van der Waals surface area contributed by atoms with Gasteiger partial charge in [0.2, 0.25) is 5.91 Å². The van der Waals surface area contributed by atoms with Crippen LogP contribution < -0.4 is 10.1 Å². The largest absolute Gasteiger partial charge is 0.494 e. The topological polar surface area (TPSA) is 58.6 Å². The van der Waals surface area contributed by atoms with Crippen LogP contribution >= 0.6 is 11.6 Å². The number of halogens is 1. The van der Waals surface area contributed by atoms with E-state index in [1.165, 1.54) is 0 Å². The maximum Gasteiger partial charge on any atom is 0.255 e. The van der Waals surface area contributed by atoms with Gasteiger partial charge >= 0.3 is 0 Å². The number of carbonyl (C=O) groups excluding carboxylic acids is 2. The van der Waals surface area contributed by atoms with Gasteiger partial charge in [0.05, 0.1) is 23.1 Å². The summed E-state index contributed by atoms with van der Waals surface area (Å²) in [4.78, 5) is 27.1. The third-order valence-corrected chi connectivity index (χ3v) is 5.21. The van der Waals surface area contributed by atoms with Crippen molar-refractivity contribution in [2.24, 2.45) is 5.92 Å². The Morgan fingerprint density at radius 2 is 1.93 bits per heavy atom. The first-order valence-electron chi connectivity index (χ1n) is 9.61. The van der Waals surface area contributed by atoms with Crippen LogP contribution in [-0.2, 0) is 11.3 Å². The van der Waals surface area contributed by atoms with Gasteiger partial charge < -0.3 is 15.0 Å². The molecule has 5 nitrogen and oxygen atoms in total. The lowest BCUT2D eigenvalue weighted by Crippen LogP contribution is -2.45. The fourth-order valence-electron chi connectivity index (χ4n) is 3.38. The molecule has 1 N–H and O–H groups in total. The Morgan fingerprint density at radius 3 is 2.64 bits per heavy atom. The number of ether oxygens (including phenoxy) is 1. The molecule has 6 heteroatoms. The SMILES string of the molecule is CCOc1ccc(CNC(=O)C2CCCN(C(=O)c3ccccc3Cl)C2)cc1. The lowest BCUT2D eigenvalue weighted by molar-refractivity contribution is -0.126. The minimum atomic E-state index is -0.206. The average molecular weight is 401 g/mol. The zero-order valence-corrected chi connectivity index (χ0v) is 16.7. The van der Waals surface area contributed by atoms with Crippen molar-refractivity contribution in [1.29, 1.82) is 0 Å². The summed E-state index contributed by atoms with van der Waals surface area (Å²) in [7, 11) is 0. The van der Waals surface area contributed by atoms with Crippen LogP contribution in [0.1, 0.15) is 35.7 Å². The number of nitrogens with zero attached hydrogens (tertiary/aromatic N) is 1. The second-order valence-electron chi connectivity index (χ2n) is 6.86. The van der Waals surface area contributed by atoms with Crippen LogP contribution in [0.3, 0.4) is 0 Å². The molecule has 0 spiro atoms. The van der Waals surface area contributed by atoms with E-state index in [4.69, 9.17) is 16.3 Å². The normalized spacial score (nSPS) is 16.5. The lowest BCUT2D eigenvalue weighted by atomic mass is 9.96. The molecule has 2 aromatic carbocycles. The Hall–Kier alpha value is -2.53. The molecule has 0 aromatic heterocycles. The molecule has 1 atom stereocenters. The number of rotatable bonds is 6. The van der Waals surface area contributed by atoms with E-state index < -0.39 is 0 Å². The van der Waals surface area contributed by atoms with Gasteiger partial charge in [0, 0.05) is 19.6 Å². The second-order valence-corrected chi connectivity index (χ2v) is 7.27. The molecule has 1 aliphatic rings. The summed E-state index contributed by atoms with van der Waals surface area (Å²) in [5.74, 6) is 0.474. The maximum absolute atomic E-state index is 12.8. The Bertz CT molecular complexity index is 823. The molecule has 1 fully saturated rings. The highest BCUT2D eigenvalue weighted by Crippen LogP contribution is 2.22. The van der Waals surface area contributed by atoms with E-state index in [9.17, 15) is 9.59 Å². The highest BCUT2D eigenvalue weighted by atomic mass is 35.5. The molecule has 1 heterocycles. The highest BCUT2D eigenvalue weighted by molar-refractivity contribution is 6.33. The zero-order valence-electron chi connectivity index (χ0n) is 16.0.